The van der Waals surface area contributed by atoms with Crippen molar-refractivity contribution in [1.82, 2.24) is 0 Å². The Labute approximate surface area is 170 Å². The van der Waals surface area contributed by atoms with Crippen molar-refractivity contribution in [2.75, 3.05) is 19.8 Å². The lowest BCUT2D eigenvalue weighted by molar-refractivity contribution is -0.401. The molecule has 1 N–H and O–H groups in total. The molecule has 1 aliphatic carbocycles. The molecular formula is C22H35BO5. The van der Waals surface area contributed by atoms with Crippen molar-refractivity contribution < 1.29 is 24.3 Å². The van der Waals surface area contributed by atoms with E-state index in [1.165, 1.54) is 0 Å². The number of hydrogen-bond acceptors (Lipinski definition) is 5. The van der Waals surface area contributed by atoms with Gasteiger partial charge < -0.3 is 9.76 Å². The molecule has 3 atom stereocenters. The lowest BCUT2D eigenvalue weighted by Crippen LogP contribution is -2.60. The number of ketones is 1. The molecule has 0 radical (unpaired) electrons. The third-order valence-electron chi connectivity index (χ3n) is 6.08. The summed E-state index contributed by atoms with van der Waals surface area (Å²) < 4.78 is 5.55. The minimum absolute atomic E-state index is 0.0289. The molecule has 156 valence electrons. The average Bonchev–Trinajstić information content (AvgIpc) is 2.64. The van der Waals surface area contributed by atoms with Crippen molar-refractivity contribution in [1.29, 1.82) is 0 Å². The van der Waals surface area contributed by atoms with E-state index in [1.54, 1.807) is 24.3 Å². The van der Waals surface area contributed by atoms with Gasteiger partial charge in [0, 0.05) is 16.9 Å². The first-order valence-corrected chi connectivity index (χ1v) is 10.2. The fourth-order valence-electron chi connectivity index (χ4n) is 4.18. The van der Waals surface area contributed by atoms with E-state index in [4.69, 9.17) is 19.5 Å². The molecule has 1 fully saturated rings. The first-order valence-electron chi connectivity index (χ1n) is 10.2. The van der Waals surface area contributed by atoms with Gasteiger partial charge in [-0.05, 0) is 17.8 Å². The van der Waals surface area contributed by atoms with Gasteiger partial charge in [0.05, 0.1) is 13.2 Å². The smallest absolute Gasteiger partial charge is 0.304 e. The number of hydrogen-bond donors (Lipinski definition) is 1. The van der Waals surface area contributed by atoms with Gasteiger partial charge in [-0.1, -0.05) is 71.3 Å². The van der Waals surface area contributed by atoms with Gasteiger partial charge in [0.25, 0.3) is 0 Å². The van der Waals surface area contributed by atoms with Crippen LogP contribution in [-0.2, 0) is 14.5 Å². The van der Waals surface area contributed by atoms with Crippen molar-refractivity contribution in [2.45, 2.75) is 54.1 Å². The summed E-state index contributed by atoms with van der Waals surface area (Å²) in [7, 11) is -0.0289. The molecule has 1 saturated carbocycles. The summed E-state index contributed by atoms with van der Waals surface area (Å²) >= 11 is 0. The van der Waals surface area contributed by atoms with Crippen molar-refractivity contribution >= 4 is 18.7 Å². The maximum atomic E-state index is 12.1. The second-order valence-electron chi connectivity index (χ2n) is 9.49. The first kappa shape index (κ1) is 23.1. The molecule has 3 unspecified atom stereocenters. The minimum Gasteiger partial charge on any atom is -0.449 e. The number of carbonyl (C=O) groups excluding carboxylic acids is 1. The van der Waals surface area contributed by atoms with Crippen molar-refractivity contribution in [3.05, 3.63) is 29.8 Å². The maximum Gasteiger partial charge on any atom is 0.304 e. The van der Waals surface area contributed by atoms with Gasteiger partial charge in [0.1, 0.15) is 12.7 Å². The molecule has 0 heterocycles. The molecule has 5 nitrogen and oxygen atoms in total. The summed E-state index contributed by atoms with van der Waals surface area (Å²) in [6, 6.07) is 6.91. The second-order valence-corrected chi connectivity index (χ2v) is 9.49. The molecule has 2 rings (SSSR count). The van der Waals surface area contributed by atoms with Crippen LogP contribution in [0.5, 0.6) is 0 Å². The van der Waals surface area contributed by atoms with Crippen LogP contribution in [0.4, 0.5) is 0 Å². The van der Waals surface area contributed by atoms with Crippen LogP contribution in [0.1, 0.15) is 58.3 Å². The Hall–Kier alpha value is -1.21. The third-order valence-corrected chi connectivity index (χ3v) is 6.08. The fourth-order valence-corrected chi connectivity index (χ4v) is 4.18. The van der Waals surface area contributed by atoms with E-state index in [1.807, 2.05) is 6.92 Å². The topological polar surface area (TPSA) is 65.0 Å². The Morgan fingerprint density at radius 2 is 1.82 bits per heavy atom. The molecule has 1 aromatic rings. The summed E-state index contributed by atoms with van der Waals surface area (Å²) in [4.78, 5) is 23.5. The van der Waals surface area contributed by atoms with Crippen LogP contribution >= 0.6 is 0 Å². The number of carbonyl (C=O) groups is 1. The van der Waals surface area contributed by atoms with Gasteiger partial charge in [-0.2, -0.15) is 0 Å². The van der Waals surface area contributed by atoms with E-state index in [0.717, 1.165) is 11.9 Å². The van der Waals surface area contributed by atoms with Gasteiger partial charge in [0.2, 0.25) is 0 Å². The van der Waals surface area contributed by atoms with Crippen molar-refractivity contribution in [2.24, 2.45) is 22.7 Å². The highest BCUT2D eigenvalue weighted by atomic mass is 17.2. The van der Waals surface area contributed by atoms with Gasteiger partial charge in [0.15, 0.2) is 5.78 Å². The van der Waals surface area contributed by atoms with Gasteiger partial charge in [-0.15, -0.1) is 0 Å². The molecule has 0 bridgehead atoms. The van der Waals surface area contributed by atoms with E-state index in [2.05, 4.69) is 34.6 Å². The Morgan fingerprint density at radius 1 is 1.18 bits per heavy atom. The van der Waals surface area contributed by atoms with E-state index in [-0.39, 0.29) is 42.7 Å². The Morgan fingerprint density at radius 3 is 2.36 bits per heavy atom. The first-order chi connectivity index (χ1) is 13.1. The number of ether oxygens (including phenoxy) is 1. The summed E-state index contributed by atoms with van der Waals surface area (Å²) in [6.45, 7) is 14.1. The molecule has 1 aromatic carbocycles. The summed E-state index contributed by atoms with van der Waals surface area (Å²) in [5.74, 6) is 0.586. The molecule has 0 amide bonds. The van der Waals surface area contributed by atoms with Crippen LogP contribution in [0.3, 0.4) is 0 Å². The van der Waals surface area contributed by atoms with Gasteiger partial charge >= 0.3 is 7.48 Å². The minimum atomic E-state index is -0.0715. The SMILES string of the molecule is CC(COCC(=O)c1ccc(BO)cc1)COOC1C(C)(C)CC1(C)C(C)C. The van der Waals surface area contributed by atoms with Crippen LogP contribution in [0.2, 0.25) is 0 Å². The zero-order valence-electron chi connectivity index (χ0n) is 18.2. The molecule has 0 aromatic heterocycles. The van der Waals surface area contributed by atoms with Crippen LogP contribution in [0.15, 0.2) is 24.3 Å². The van der Waals surface area contributed by atoms with E-state index in [9.17, 15) is 4.79 Å². The predicted octanol–water partition coefficient (Wildman–Crippen LogP) is 2.90. The standard InChI is InChI=1S/C22H35BO5/c1-15(2)22(6)14-21(4,5)20(22)28-27-12-16(3)11-26-13-19(24)17-7-9-18(23-25)10-8-17/h7-10,15-16,20,23,25H,11-14H2,1-6H3. The average molecular weight is 390 g/mol. The highest BCUT2D eigenvalue weighted by Crippen LogP contribution is 2.59. The summed E-state index contributed by atoms with van der Waals surface area (Å²) in [6.07, 6.45) is 1.21. The largest absolute Gasteiger partial charge is 0.449 e. The summed E-state index contributed by atoms with van der Waals surface area (Å²) in [5.41, 5.74) is 1.63. The molecule has 0 saturated heterocycles. The Bertz CT molecular complexity index is 643. The fraction of sp³-hybridized carbons (Fsp3) is 0.682. The van der Waals surface area contributed by atoms with E-state index < -0.39 is 0 Å². The Balaban J connectivity index is 1.68. The molecule has 1 aliphatic rings. The third kappa shape index (κ3) is 5.44. The van der Waals surface area contributed by atoms with Gasteiger partial charge in [-0.25, -0.2) is 9.78 Å². The molecule has 0 aliphatic heterocycles. The van der Waals surface area contributed by atoms with Crippen LogP contribution < -0.4 is 5.46 Å². The van der Waals surface area contributed by atoms with Crippen molar-refractivity contribution in [3.8, 4) is 0 Å². The Kier molecular flexibility index (Phi) is 7.85. The molecule has 0 spiro atoms. The van der Waals surface area contributed by atoms with Crippen LogP contribution in [-0.4, -0.2) is 44.2 Å². The van der Waals surface area contributed by atoms with Crippen LogP contribution in [0.25, 0.3) is 0 Å². The highest BCUT2D eigenvalue weighted by molar-refractivity contribution is 6.45. The number of Topliss-reactive ketones (excluding diaryl/α,β-unsaturated/α-hetero) is 1. The molecular weight excluding hydrogens is 355 g/mol. The number of rotatable bonds is 11. The zero-order chi connectivity index (χ0) is 20.9. The zero-order valence-corrected chi connectivity index (χ0v) is 18.2. The highest BCUT2D eigenvalue weighted by Gasteiger charge is 2.58. The predicted molar refractivity (Wildman–Crippen MR) is 112 cm³/mol. The quantitative estimate of drug-likeness (QED) is 0.272. The normalized spacial score (nSPS) is 24.6. The van der Waals surface area contributed by atoms with E-state index >= 15 is 0 Å². The monoisotopic (exact) mass is 390 g/mol. The van der Waals surface area contributed by atoms with Crippen LogP contribution in [0, 0.1) is 22.7 Å². The second kappa shape index (κ2) is 9.53. The summed E-state index contributed by atoms with van der Waals surface area (Å²) in [5, 5.41) is 9.05. The maximum absolute atomic E-state index is 12.1. The number of benzene rings is 1. The molecule has 6 heteroatoms. The lowest BCUT2D eigenvalue weighted by Gasteiger charge is -2.59. The molecule has 28 heavy (non-hydrogen) atoms. The van der Waals surface area contributed by atoms with Gasteiger partial charge in [-0.3, -0.25) is 4.79 Å². The van der Waals surface area contributed by atoms with E-state index in [0.29, 0.717) is 24.7 Å². The lowest BCUT2D eigenvalue weighted by atomic mass is 9.49. The van der Waals surface area contributed by atoms with Crippen molar-refractivity contribution in [3.63, 3.8) is 0 Å².